The second kappa shape index (κ2) is 9.26. The molecule has 178 valence electrons. The standard InChI is InChI=1S/C29H35N3OS/c33-28(30-22-14-5-2-6-15-22)27(20-11-3-1-4-12-20)29(31-23-16-8-9-17-24(23)32-29)26-19-21-13-7-10-18-25(21)34-26/h7-10,13,16-20,22,27,31-32H,1-6,11-12,14-15H2,(H,30,33). The first-order valence-corrected chi connectivity index (χ1v) is 14.0. The predicted molar refractivity (Wildman–Crippen MR) is 142 cm³/mol. The van der Waals surface area contributed by atoms with Crippen molar-refractivity contribution in [2.24, 2.45) is 11.8 Å². The molecule has 3 N–H and O–H groups in total. The molecule has 0 saturated heterocycles. The third-order valence-corrected chi connectivity index (χ3v) is 9.48. The number of carbonyl (C=O) groups excluding carboxylic acids is 1. The van der Waals surface area contributed by atoms with Crippen LogP contribution in [0, 0.1) is 11.8 Å². The summed E-state index contributed by atoms with van der Waals surface area (Å²) < 4.78 is 1.27. The first-order valence-electron chi connectivity index (χ1n) is 13.2. The maximum absolute atomic E-state index is 14.3. The van der Waals surface area contributed by atoms with Gasteiger partial charge < -0.3 is 16.0 Å². The predicted octanol–water partition coefficient (Wildman–Crippen LogP) is 7.24. The van der Waals surface area contributed by atoms with Gasteiger partial charge in [0.25, 0.3) is 0 Å². The van der Waals surface area contributed by atoms with Crippen molar-refractivity contribution in [1.82, 2.24) is 5.32 Å². The first-order chi connectivity index (χ1) is 16.7. The van der Waals surface area contributed by atoms with E-state index < -0.39 is 5.66 Å². The molecule has 1 atom stereocenters. The number of para-hydroxylation sites is 2. The van der Waals surface area contributed by atoms with Crippen molar-refractivity contribution in [3.63, 3.8) is 0 Å². The molecule has 1 unspecified atom stereocenters. The number of benzene rings is 2. The van der Waals surface area contributed by atoms with Crippen LogP contribution < -0.4 is 16.0 Å². The largest absolute Gasteiger partial charge is 0.356 e. The monoisotopic (exact) mass is 473 g/mol. The van der Waals surface area contributed by atoms with Crippen LogP contribution in [0.1, 0.15) is 69.1 Å². The van der Waals surface area contributed by atoms with Gasteiger partial charge in [-0.1, -0.05) is 68.9 Å². The Morgan fingerprint density at radius 2 is 1.47 bits per heavy atom. The lowest BCUT2D eigenvalue weighted by atomic mass is 9.72. The number of carbonyl (C=O) groups is 1. The highest BCUT2D eigenvalue weighted by Crippen LogP contribution is 2.51. The molecule has 2 aromatic carbocycles. The molecule has 0 radical (unpaired) electrons. The minimum absolute atomic E-state index is 0.171. The molecule has 1 aromatic heterocycles. The normalized spacial score (nSPS) is 21.4. The van der Waals surface area contributed by atoms with Crippen LogP contribution in [0.3, 0.4) is 0 Å². The molecule has 4 nitrogen and oxygen atoms in total. The van der Waals surface area contributed by atoms with Crippen LogP contribution in [0.5, 0.6) is 0 Å². The van der Waals surface area contributed by atoms with Crippen molar-refractivity contribution < 1.29 is 4.79 Å². The van der Waals surface area contributed by atoms with Crippen LogP contribution in [-0.2, 0) is 10.5 Å². The van der Waals surface area contributed by atoms with Crippen molar-refractivity contribution in [2.45, 2.75) is 75.9 Å². The molecule has 2 heterocycles. The van der Waals surface area contributed by atoms with E-state index in [0.717, 1.165) is 37.1 Å². The number of thiophene rings is 1. The van der Waals surface area contributed by atoms with Crippen LogP contribution >= 0.6 is 11.3 Å². The van der Waals surface area contributed by atoms with E-state index >= 15 is 0 Å². The number of rotatable bonds is 5. The van der Waals surface area contributed by atoms with Gasteiger partial charge in [-0.25, -0.2) is 0 Å². The van der Waals surface area contributed by atoms with E-state index in [4.69, 9.17) is 0 Å². The van der Waals surface area contributed by atoms with Gasteiger partial charge in [0.05, 0.1) is 22.2 Å². The Labute approximate surface area is 206 Å². The van der Waals surface area contributed by atoms with Gasteiger partial charge in [-0.05, 0) is 61.3 Å². The van der Waals surface area contributed by atoms with Gasteiger partial charge in [0.15, 0.2) is 5.66 Å². The summed E-state index contributed by atoms with van der Waals surface area (Å²) in [6, 6.07) is 19.6. The summed E-state index contributed by atoms with van der Waals surface area (Å²) in [6.45, 7) is 0. The van der Waals surface area contributed by atoms with Gasteiger partial charge in [-0.2, -0.15) is 0 Å². The molecule has 2 saturated carbocycles. The van der Waals surface area contributed by atoms with E-state index in [1.54, 1.807) is 0 Å². The molecule has 5 heteroatoms. The van der Waals surface area contributed by atoms with Crippen LogP contribution in [0.4, 0.5) is 11.4 Å². The molecular formula is C29H35N3OS. The average molecular weight is 474 g/mol. The van der Waals surface area contributed by atoms with E-state index in [1.165, 1.54) is 53.5 Å². The molecule has 1 amide bonds. The number of amides is 1. The van der Waals surface area contributed by atoms with E-state index in [9.17, 15) is 4.79 Å². The molecule has 3 aromatic rings. The highest BCUT2D eigenvalue weighted by Gasteiger charge is 2.52. The number of hydrogen-bond donors (Lipinski definition) is 3. The quantitative estimate of drug-likeness (QED) is 0.366. The fraction of sp³-hybridized carbons (Fsp3) is 0.483. The molecular weight excluding hydrogens is 438 g/mol. The molecule has 1 aliphatic heterocycles. The summed E-state index contributed by atoms with van der Waals surface area (Å²) in [5.74, 6) is 0.413. The van der Waals surface area contributed by atoms with E-state index in [1.807, 2.05) is 11.3 Å². The Morgan fingerprint density at radius 1 is 0.853 bits per heavy atom. The van der Waals surface area contributed by atoms with Crippen molar-refractivity contribution in [3.05, 3.63) is 59.5 Å². The third-order valence-electron chi connectivity index (χ3n) is 8.23. The van der Waals surface area contributed by atoms with E-state index in [-0.39, 0.29) is 11.8 Å². The lowest BCUT2D eigenvalue weighted by Crippen LogP contribution is -2.56. The summed E-state index contributed by atoms with van der Waals surface area (Å²) >= 11 is 1.81. The molecule has 0 bridgehead atoms. The summed E-state index contributed by atoms with van der Waals surface area (Å²) in [4.78, 5) is 15.5. The minimum atomic E-state index is -0.631. The van der Waals surface area contributed by atoms with Crippen molar-refractivity contribution in [1.29, 1.82) is 0 Å². The molecule has 3 aliphatic rings. The van der Waals surface area contributed by atoms with E-state index in [0.29, 0.717) is 12.0 Å². The maximum Gasteiger partial charge on any atom is 0.228 e. The Hall–Kier alpha value is -2.53. The van der Waals surface area contributed by atoms with Gasteiger partial charge in [0.1, 0.15) is 0 Å². The van der Waals surface area contributed by atoms with Crippen LogP contribution in [-0.4, -0.2) is 11.9 Å². The van der Waals surface area contributed by atoms with Gasteiger partial charge in [0.2, 0.25) is 5.91 Å². The zero-order chi connectivity index (χ0) is 23.0. The van der Waals surface area contributed by atoms with Crippen molar-refractivity contribution >= 4 is 38.7 Å². The average Bonchev–Trinajstić information content (AvgIpc) is 3.48. The highest BCUT2D eigenvalue weighted by atomic mass is 32.1. The fourth-order valence-corrected chi connectivity index (χ4v) is 7.74. The second-order valence-corrected chi connectivity index (χ2v) is 11.6. The van der Waals surface area contributed by atoms with Gasteiger partial charge in [-0.15, -0.1) is 11.3 Å². The lowest BCUT2D eigenvalue weighted by Gasteiger charge is -2.43. The number of fused-ring (bicyclic) bond motifs is 2. The van der Waals surface area contributed by atoms with Gasteiger partial charge in [-0.3, -0.25) is 4.79 Å². The third kappa shape index (κ3) is 3.98. The van der Waals surface area contributed by atoms with Gasteiger partial charge >= 0.3 is 0 Å². The molecule has 2 fully saturated rings. The lowest BCUT2D eigenvalue weighted by molar-refractivity contribution is -0.130. The summed E-state index contributed by atoms with van der Waals surface area (Å²) in [5.41, 5.74) is 1.55. The Morgan fingerprint density at radius 3 is 2.15 bits per heavy atom. The number of hydrogen-bond acceptors (Lipinski definition) is 4. The Bertz CT molecular complexity index is 1100. The van der Waals surface area contributed by atoms with Crippen molar-refractivity contribution in [3.8, 4) is 0 Å². The van der Waals surface area contributed by atoms with Crippen LogP contribution in [0.2, 0.25) is 0 Å². The van der Waals surface area contributed by atoms with Crippen LogP contribution in [0.15, 0.2) is 54.6 Å². The summed E-state index contributed by atoms with van der Waals surface area (Å²) in [6.07, 6.45) is 11.9. The smallest absolute Gasteiger partial charge is 0.228 e. The first kappa shape index (κ1) is 22.0. The molecule has 6 rings (SSSR count). The molecule has 2 aliphatic carbocycles. The minimum Gasteiger partial charge on any atom is -0.356 e. The number of anilines is 2. The summed E-state index contributed by atoms with van der Waals surface area (Å²) in [5, 5.41) is 12.5. The number of nitrogens with one attached hydrogen (secondary N) is 3. The molecule has 34 heavy (non-hydrogen) atoms. The molecule has 0 spiro atoms. The van der Waals surface area contributed by atoms with Crippen LogP contribution in [0.25, 0.3) is 10.1 Å². The topological polar surface area (TPSA) is 53.2 Å². The highest BCUT2D eigenvalue weighted by molar-refractivity contribution is 7.19. The maximum atomic E-state index is 14.3. The zero-order valence-electron chi connectivity index (χ0n) is 19.8. The van der Waals surface area contributed by atoms with Gasteiger partial charge in [0, 0.05) is 10.7 Å². The summed E-state index contributed by atoms with van der Waals surface area (Å²) in [7, 11) is 0. The van der Waals surface area contributed by atoms with Crippen molar-refractivity contribution in [2.75, 3.05) is 10.6 Å². The SMILES string of the molecule is O=C(NC1CCCCC1)C(C1CCCCC1)C1(c2cc3ccccc3s2)Nc2ccccc2N1. The second-order valence-electron chi connectivity index (χ2n) is 10.5. The fourth-order valence-electron chi connectivity index (χ4n) is 6.54. The Kier molecular flexibility index (Phi) is 5.98. The zero-order valence-corrected chi connectivity index (χ0v) is 20.6. The Balaban J connectivity index is 1.45. The van der Waals surface area contributed by atoms with E-state index in [2.05, 4.69) is 70.5 Å².